The Morgan fingerprint density at radius 3 is 1.67 bits per heavy atom. The van der Waals surface area contributed by atoms with Gasteiger partial charge in [0.15, 0.2) is 0 Å². The van der Waals surface area contributed by atoms with Gasteiger partial charge in [-0.3, -0.25) is 19.3 Å². The topological polar surface area (TPSA) is 110 Å². The Morgan fingerprint density at radius 2 is 1.24 bits per heavy atom. The second kappa shape index (κ2) is 6.89. The van der Waals surface area contributed by atoms with Crippen LogP contribution in [0.1, 0.15) is 25.7 Å². The van der Waals surface area contributed by atoms with Gasteiger partial charge in [0.25, 0.3) is 0 Å². The van der Waals surface area contributed by atoms with Gasteiger partial charge < -0.3 is 16.4 Å². The fourth-order valence-corrected chi connectivity index (χ4v) is 3.08. The van der Waals surface area contributed by atoms with E-state index in [1.807, 2.05) is 0 Å². The molecule has 0 radical (unpaired) electrons. The highest BCUT2D eigenvalue weighted by atomic mass is 16.2. The average Bonchev–Trinajstić information content (AvgIpc) is 2.47. The highest BCUT2D eigenvalue weighted by Gasteiger charge is 2.28. The highest BCUT2D eigenvalue weighted by molar-refractivity contribution is 5.80. The molecule has 2 heterocycles. The molecule has 2 saturated heterocycles. The molecule has 0 aliphatic carbocycles. The number of rotatable bonds is 4. The summed E-state index contributed by atoms with van der Waals surface area (Å²) >= 11 is 0. The minimum Gasteiger partial charge on any atom is -0.369 e. The van der Waals surface area contributed by atoms with E-state index in [-0.39, 0.29) is 29.6 Å². The minimum atomic E-state index is -0.268. The summed E-state index contributed by atoms with van der Waals surface area (Å²) in [5, 5.41) is 0. The first-order chi connectivity index (χ1) is 9.97. The lowest BCUT2D eigenvalue weighted by Gasteiger charge is -2.34. The molecule has 0 bridgehead atoms. The van der Waals surface area contributed by atoms with E-state index in [0.29, 0.717) is 32.5 Å². The van der Waals surface area contributed by atoms with Crippen molar-refractivity contribution in [2.24, 2.45) is 23.3 Å². The van der Waals surface area contributed by atoms with Crippen molar-refractivity contribution in [1.82, 2.24) is 9.80 Å². The monoisotopic (exact) mass is 296 g/mol. The Kier molecular flexibility index (Phi) is 5.17. The van der Waals surface area contributed by atoms with Crippen molar-refractivity contribution < 1.29 is 14.4 Å². The van der Waals surface area contributed by atoms with Crippen molar-refractivity contribution in [2.45, 2.75) is 25.7 Å². The molecule has 0 spiro atoms. The lowest BCUT2D eigenvalue weighted by atomic mass is 9.95. The summed E-state index contributed by atoms with van der Waals surface area (Å²) in [5.41, 5.74) is 10.6. The molecule has 0 atom stereocenters. The van der Waals surface area contributed by atoms with Crippen LogP contribution in [0, 0.1) is 11.8 Å². The van der Waals surface area contributed by atoms with Gasteiger partial charge in [-0.1, -0.05) is 0 Å². The molecule has 7 nitrogen and oxygen atoms in total. The van der Waals surface area contributed by atoms with Crippen LogP contribution in [0.2, 0.25) is 0 Å². The Balaban J connectivity index is 1.73. The summed E-state index contributed by atoms with van der Waals surface area (Å²) in [7, 11) is 0. The summed E-state index contributed by atoms with van der Waals surface area (Å²) in [5.74, 6) is -0.566. The van der Waals surface area contributed by atoms with Gasteiger partial charge in [-0.05, 0) is 38.8 Å². The van der Waals surface area contributed by atoms with E-state index in [0.717, 1.165) is 25.9 Å². The first-order valence-corrected chi connectivity index (χ1v) is 7.56. The molecule has 2 aliphatic rings. The third kappa shape index (κ3) is 4.17. The van der Waals surface area contributed by atoms with Crippen molar-refractivity contribution >= 4 is 17.7 Å². The fourth-order valence-electron chi connectivity index (χ4n) is 3.08. The zero-order valence-electron chi connectivity index (χ0n) is 12.3. The van der Waals surface area contributed by atoms with Gasteiger partial charge in [0.1, 0.15) is 0 Å². The van der Waals surface area contributed by atoms with Gasteiger partial charge in [-0.2, -0.15) is 0 Å². The molecule has 0 saturated carbocycles. The number of carbonyl (C=O) groups is 3. The SMILES string of the molecule is NC(=O)C1CCN(CC(=O)N2CCC(C(N)=O)CC2)CC1. The molecular weight excluding hydrogens is 272 g/mol. The number of nitrogens with zero attached hydrogens (tertiary/aromatic N) is 2. The number of primary amides is 2. The summed E-state index contributed by atoms with van der Waals surface area (Å²) < 4.78 is 0. The molecule has 0 aromatic carbocycles. The van der Waals surface area contributed by atoms with Crippen molar-refractivity contribution in [3.63, 3.8) is 0 Å². The summed E-state index contributed by atoms with van der Waals surface area (Å²) in [4.78, 5) is 38.3. The van der Waals surface area contributed by atoms with Crippen LogP contribution >= 0.6 is 0 Å². The van der Waals surface area contributed by atoms with Crippen LogP contribution in [0.25, 0.3) is 0 Å². The minimum absolute atomic E-state index is 0.0531. The second-order valence-electron chi connectivity index (χ2n) is 6.01. The number of carbonyl (C=O) groups excluding carboxylic acids is 3. The molecule has 0 aromatic rings. The third-order valence-electron chi connectivity index (χ3n) is 4.60. The smallest absolute Gasteiger partial charge is 0.236 e. The first-order valence-electron chi connectivity index (χ1n) is 7.56. The molecule has 3 amide bonds. The lowest BCUT2D eigenvalue weighted by molar-refractivity contribution is -0.136. The standard InChI is InChI=1S/C14H24N4O3/c15-13(20)10-1-5-17(6-2-10)9-12(19)18-7-3-11(4-8-18)14(16)21/h10-11H,1-9H2,(H2,15,20)(H2,16,21). The van der Waals surface area contributed by atoms with Crippen LogP contribution in [0.5, 0.6) is 0 Å². The van der Waals surface area contributed by atoms with Gasteiger partial charge in [-0.25, -0.2) is 0 Å². The number of piperidine rings is 2. The predicted octanol–water partition coefficient (Wildman–Crippen LogP) is -1.09. The Morgan fingerprint density at radius 1 is 0.810 bits per heavy atom. The second-order valence-corrected chi connectivity index (χ2v) is 6.01. The van der Waals surface area contributed by atoms with Gasteiger partial charge in [-0.15, -0.1) is 0 Å². The van der Waals surface area contributed by atoms with E-state index in [4.69, 9.17) is 11.5 Å². The van der Waals surface area contributed by atoms with Crippen LogP contribution in [0.15, 0.2) is 0 Å². The largest absolute Gasteiger partial charge is 0.369 e. The van der Waals surface area contributed by atoms with Crippen molar-refractivity contribution in [3.8, 4) is 0 Å². The normalized spacial score (nSPS) is 22.2. The van der Waals surface area contributed by atoms with E-state index in [1.165, 1.54) is 0 Å². The van der Waals surface area contributed by atoms with E-state index in [2.05, 4.69) is 4.90 Å². The van der Waals surface area contributed by atoms with Gasteiger partial charge in [0.2, 0.25) is 17.7 Å². The molecule has 118 valence electrons. The predicted molar refractivity (Wildman–Crippen MR) is 76.9 cm³/mol. The number of likely N-dealkylation sites (tertiary alicyclic amines) is 2. The molecule has 7 heteroatoms. The quantitative estimate of drug-likeness (QED) is 0.686. The Hall–Kier alpha value is -1.63. The molecule has 4 N–H and O–H groups in total. The molecule has 2 rings (SSSR count). The molecule has 0 aromatic heterocycles. The van der Waals surface area contributed by atoms with E-state index in [9.17, 15) is 14.4 Å². The number of hydrogen-bond acceptors (Lipinski definition) is 4. The van der Waals surface area contributed by atoms with Crippen LogP contribution < -0.4 is 11.5 Å². The van der Waals surface area contributed by atoms with Crippen LogP contribution in [-0.2, 0) is 14.4 Å². The summed E-state index contributed by atoms with van der Waals surface area (Å²) in [6.07, 6.45) is 2.77. The van der Waals surface area contributed by atoms with Gasteiger partial charge in [0, 0.05) is 24.9 Å². The van der Waals surface area contributed by atoms with Crippen LogP contribution in [0.4, 0.5) is 0 Å². The summed E-state index contributed by atoms with van der Waals surface area (Å²) in [6, 6.07) is 0. The maximum atomic E-state index is 12.2. The van der Waals surface area contributed by atoms with Crippen molar-refractivity contribution in [3.05, 3.63) is 0 Å². The van der Waals surface area contributed by atoms with E-state index >= 15 is 0 Å². The van der Waals surface area contributed by atoms with Gasteiger partial charge in [0.05, 0.1) is 6.54 Å². The summed E-state index contributed by atoms with van der Waals surface area (Å²) in [6.45, 7) is 3.05. The maximum Gasteiger partial charge on any atom is 0.236 e. The Bertz CT molecular complexity index is 410. The average molecular weight is 296 g/mol. The van der Waals surface area contributed by atoms with E-state index in [1.54, 1.807) is 4.90 Å². The number of hydrogen-bond donors (Lipinski definition) is 2. The number of amides is 3. The van der Waals surface area contributed by atoms with Crippen LogP contribution in [0.3, 0.4) is 0 Å². The molecule has 2 fully saturated rings. The molecular formula is C14H24N4O3. The Labute approximate surface area is 124 Å². The molecule has 0 unspecified atom stereocenters. The fraction of sp³-hybridized carbons (Fsp3) is 0.786. The van der Waals surface area contributed by atoms with Crippen LogP contribution in [-0.4, -0.2) is 60.2 Å². The zero-order valence-corrected chi connectivity index (χ0v) is 12.3. The molecule has 21 heavy (non-hydrogen) atoms. The zero-order chi connectivity index (χ0) is 15.4. The van der Waals surface area contributed by atoms with Crippen molar-refractivity contribution in [1.29, 1.82) is 0 Å². The first kappa shape index (κ1) is 15.8. The van der Waals surface area contributed by atoms with Crippen molar-refractivity contribution in [2.75, 3.05) is 32.7 Å². The van der Waals surface area contributed by atoms with Gasteiger partial charge >= 0.3 is 0 Å². The molecule has 2 aliphatic heterocycles. The third-order valence-corrected chi connectivity index (χ3v) is 4.60. The maximum absolute atomic E-state index is 12.2. The number of nitrogens with two attached hydrogens (primary N) is 2. The van der Waals surface area contributed by atoms with E-state index < -0.39 is 0 Å². The highest BCUT2D eigenvalue weighted by Crippen LogP contribution is 2.19. The lowest BCUT2D eigenvalue weighted by Crippen LogP contribution is -2.48.